The first kappa shape index (κ1) is 21.6. The van der Waals surface area contributed by atoms with Crippen LogP contribution in [0.3, 0.4) is 0 Å². The van der Waals surface area contributed by atoms with Gasteiger partial charge in [0.05, 0.1) is 17.5 Å². The Morgan fingerprint density at radius 2 is 1.67 bits per heavy atom. The van der Waals surface area contributed by atoms with Crippen molar-refractivity contribution in [2.75, 3.05) is 39.3 Å². The summed E-state index contributed by atoms with van der Waals surface area (Å²) in [7, 11) is -3.44. The fourth-order valence-electron chi connectivity index (χ4n) is 4.26. The summed E-state index contributed by atoms with van der Waals surface area (Å²) >= 11 is 1.76. The maximum absolute atomic E-state index is 12.6. The molecular weight excluding hydrogens is 418 g/mol. The van der Waals surface area contributed by atoms with Crippen LogP contribution < -0.4 is 5.32 Å². The van der Waals surface area contributed by atoms with Crippen molar-refractivity contribution in [2.45, 2.75) is 36.6 Å². The zero-order valence-electron chi connectivity index (χ0n) is 17.1. The van der Waals surface area contributed by atoms with Crippen molar-refractivity contribution in [1.82, 2.24) is 14.5 Å². The molecule has 30 heavy (non-hydrogen) atoms. The Morgan fingerprint density at radius 3 is 2.30 bits per heavy atom. The van der Waals surface area contributed by atoms with Crippen LogP contribution >= 0.6 is 11.3 Å². The van der Waals surface area contributed by atoms with Gasteiger partial charge >= 0.3 is 0 Å². The minimum Gasteiger partial charge on any atom is -0.308 e. The fraction of sp³-hybridized carbons (Fsp3) is 0.500. The topological polar surface area (TPSA) is 69.7 Å². The van der Waals surface area contributed by atoms with Crippen LogP contribution in [0, 0.1) is 0 Å². The first-order chi connectivity index (χ1) is 14.6. The highest BCUT2D eigenvalue weighted by molar-refractivity contribution is 7.89. The average Bonchev–Trinajstić information content (AvgIpc) is 3.54. The van der Waals surface area contributed by atoms with Crippen molar-refractivity contribution in [3.8, 4) is 0 Å². The van der Waals surface area contributed by atoms with E-state index in [4.69, 9.17) is 0 Å². The molecule has 2 saturated heterocycles. The van der Waals surface area contributed by atoms with Gasteiger partial charge in [-0.15, -0.1) is 11.3 Å². The molecule has 3 heterocycles. The molecule has 2 fully saturated rings. The normalized spacial score (nSPS) is 19.3. The second-order valence-corrected chi connectivity index (χ2v) is 10.9. The van der Waals surface area contributed by atoms with E-state index in [0.717, 1.165) is 32.5 Å². The maximum atomic E-state index is 12.6. The molecule has 1 aromatic heterocycles. The van der Waals surface area contributed by atoms with Crippen LogP contribution in [0.2, 0.25) is 0 Å². The van der Waals surface area contributed by atoms with Crippen molar-refractivity contribution in [2.24, 2.45) is 0 Å². The van der Waals surface area contributed by atoms with Crippen LogP contribution in [0.25, 0.3) is 0 Å². The summed E-state index contributed by atoms with van der Waals surface area (Å²) in [4.78, 5) is 16.7. The van der Waals surface area contributed by atoms with Gasteiger partial charge in [-0.3, -0.25) is 9.69 Å². The lowest BCUT2D eigenvalue weighted by Crippen LogP contribution is -2.35. The van der Waals surface area contributed by atoms with E-state index in [2.05, 4.69) is 27.7 Å². The second-order valence-electron chi connectivity index (χ2n) is 7.96. The van der Waals surface area contributed by atoms with E-state index in [1.54, 1.807) is 35.6 Å². The van der Waals surface area contributed by atoms with E-state index in [1.165, 1.54) is 22.0 Å². The molecule has 1 N–H and O–H groups in total. The molecule has 1 unspecified atom stereocenters. The van der Waals surface area contributed by atoms with Crippen LogP contribution in [-0.4, -0.2) is 62.7 Å². The highest BCUT2D eigenvalue weighted by atomic mass is 32.2. The number of likely N-dealkylation sites (tertiary alicyclic amines) is 1. The zero-order valence-corrected chi connectivity index (χ0v) is 18.8. The van der Waals surface area contributed by atoms with Gasteiger partial charge in [-0.25, -0.2) is 8.42 Å². The molecule has 0 bridgehead atoms. The molecule has 2 aromatic rings. The number of carbonyl (C=O) groups is 1. The SMILES string of the molecule is O=C(CNCC(c1cccs1)N1CCCC1)c1ccc(S(=O)(=O)N2CCCC2)cc1. The predicted molar refractivity (Wildman–Crippen MR) is 120 cm³/mol. The van der Waals surface area contributed by atoms with E-state index in [0.29, 0.717) is 24.7 Å². The molecule has 2 aliphatic heterocycles. The number of hydrogen-bond acceptors (Lipinski definition) is 6. The molecule has 4 rings (SSSR count). The third kappa shape index (κ3) is 4.84. The molecule has 0 spiro atoms. The summed E-state index contributed by atoms with van der Waals surface area (Å²) in [6.45, 7) is 4.34. The molecule has 6 nitrogen and oxygen atoms in total. The number of nitrogens with zero attached hydrogens (tertiary/aromatic N) is 2. The van der Waals surface area contributed by atoms with Crippen LogP contribution in [0.15, 0.2) is 46.7 Å². The van der Waals surface area contributed by atoms with Gasteiger partial charge in [0, 0.05) is 30.1 Å². The Balaban J connectivity index is 1.34. The number of nitrogens with one attached hydrogen (secondary N) is 1. The van der Waals surface area contributed by atoms with E-state index < -0.39 is 10.0 Å². The molecule has 8 heteroatoms. The zero-order chi connectivity index (χ0) is 21.0. The molecule has 1 atom stereocenters. The van der Waals surface area contributed by atoms with Gasteiger partial charge in [-0.1, -0.05) is 18.2 Å². The van der Waals surface area contributed by atoms with Crippen LogP contribution in [-0.2, 0) is 10.0 Å². The monoisotopic (exact) mass is 447 g/mol. The van der Waals surface area contributed by atoms with Crippen molar-refractivity contribution < 1.29 is 13.2 Å². The Hall–Kier alpha value is -1.58. The quantitative estimate of drug-likeness (QED) is 0.598. The lowest BCUT2D eigenvalue weighted by atomic mass is 10.1. The van der Waals surface area contributed by atoms with Gasteiger partial charge in [0.15, 0.2) is 5.78 Å². The first-order valence-electron chi connectivity index (χ1n) is 10.7. The minimum absolute atomic E-state index is 0.0218. The van der Waals surface area contributed by atoms with Crippen molar-refractivity contribution in [3.05, 3.63) is 52.2 Å². The number of thiophene rings is 1. The highest BCUT2D eigenvalue weighted by Crippen LogP contribution is 2.28. The largest absolute Gasteiger partial charge is 0.308 e. The van der Waals surface area contributed by atoms with E-state index in [-0.39, 0.29) is 17.2 Å². The van der Waals surface area contributed by atoms with Crippen LogP contribution in [0.5, 0.6) is 0 Å². The Morgan fingerprint density at radius 1 is 1.00 bits per heavy atom. The molecule has 0 radical (unpaired) electrons. The van der Waals surface area contributed by atoms with Gasteiger partial charge in [0.2, 0.25) is 10.0 Å². The van der Waals surface area contributed by atoms with Crippen LogP contribution in [0.1, 0.15) is 47.0 Å². The summed E-state index contributed by atoms with van der Waals surface area (Å²) in [5, 5.41) is 5.43. The third-order valence-electron chi connectivity index (χ3n) is 5.96. The molecule has 1 aromatic carbocycles. The van der Waals surface area contributed by atoms with Gasteiger partial charge in [0.25, 0.3) is 0 Å². The van der Waals surface area contributed by atoms with Gasteiger partial charge < -0.3 is 5.32 Å². The fourth-order valence-corrected chi connectivity index (χ4v) is 6.64. The minimum atomic E-state index is -3.44. The molecule has 162 valence electrons. The van der Waals surface area contributed by atoms with E-state index in [9.17, 15) is 13.2 Å². The molecule has 0 amide bonds. The molecule has 2 aliphatic rings. The van der Waals surface area contributed by atoms with E-state index >= 15 is 0 Å². The van der Waals surface area contributed by atoms with E-state index in [1.807, 2.05) is 0 Å². The number of ketones is 1. The standard InChI is InChI=1S/C22H29N3O3S2/c26-21(17-23-16-20(22-6-5-15-29-22)24-11-1-2-12-24)18-7-9-19(10-8-18)30(27,28)25-13-3-4-14-25/h5-10,15,20,23H,1-4,11-14,16-17H2. The van der Waals surface area contributed by atoms with Crippen molar-refractivity contribution >= 4 is 27.1 Å². The Kier molecular flexibility index (Phi) is 7.00. The number of benzene rings is 1. The van der Waals surface area contributed by atoms with Gasteiger partial charge in [0.1, 0.15) is 0 Å². The van der Waals surface area contributed by atoms with Crippen molar-refractivity contribution in [3.63, 3.8) is 0 Å². The van der Waals surface area contributed by atoms with Gasteiger partial charge in [-0.05, 0) is 62.4 Å². The predicted octanol–water partition coefficient (Wildman–Crippen LogP) is 3.14. The smallest absolute Gasteiger partial charge is 0.243 e. The number of sulfonamides is 1. The van der Waals surface area contributed by atoms with Crippen LogP contribution in [0.4, 0.5) is 0 Å². The number of rotatable bonds is 9. The molecule has 0 saturated carbocycles. The third-order valence-corrected chi connectivity index (χ3v) is 8.84. The van der Waals surface area contributed by atoms with Gasteiger partial charge in [-0.2, -0.15) is 4.31 Å². The number of Topliss-reactive ketones (excluding diaryl/α,β-unsaturated/α-hetero) is 1. The molecular formula is C22H29N3O3S2. The lowest BCUT2D eigenvalue weighted by molar-refractivity contribution is 0.0987. The first-order valence-corrected chi connectivity index (χ1v) is 13.0. The Labute approximate surface area is 182 Å². The maximum Gasteiger partial charge on any atom is 0.243 e. The number of hydrogen-bond donors (Lipinski definition) is 1. The summed E-state index contributed by atoms with van der Waals surface area (Å²) < 4.78 is 26.8. The average molecular weight is 448 g/mol. The van der Waals surface area contributed by atoms with Crippen molar-refractivity contribution in [1.29, 1.82) is 0 Å². The number of carbonyl (C=O) groups excluding carboxylic acids is 1. The molecule has 0 aliphatic carbocycles. The summed E-state index contributed by atoms with van der Waals surface area (Å²) in [5.41, 5.74) is 0.539. The Bertz CT molecular complexity index is 931. The summed E-state index contributed by atoms with van der Waals surface area (Å²) in [5.74, 6) is -0.0218. The summed E-state index contributed by atoms with van der Waals surface area (Å²) in [6, 6.07) is 10.9. The highest BCUT2D eigenvalue weighted by Gasteiger charge is 2.27. The second kappa shape index (κ2) is 9.70. The lowest BCUT2D eigenvalue weighted by Gasteiger charge is -2.27. The summed E-state index contributed by atoms with van der Waals surface area (Å²) in [6.07, 6.45) is 4.28.